The van der Waals surface area contributed by atoms with Gasteiger partial charge in [-0.3, -0.25) is 9.59 Å². The van der Waals surface area contributed by atoms with E-state index in [-0.39, 0.29) is 17.9 Å². The van der Waals surface area contributed by atoms with Gasteiger partial charge in [-0.15, -0.1) is 0 Å². The number of piperidine rings is 1. The van der Waals surface area contributed by atoms with Gasteiger partial charge < -0.3 is 15.0 Å². The Hall–Kier alpha value is -3.48. The molecule has 2 aromatic carbocycles. The molecule has 7 nitrogen and oxygen atoms in total. The van der Waals surface area contributed by atoms with Gasteiger partial charge in [0.15, 0.2) is 0 Å². The SMILES string of the molecule is CCOc1ccc(CC(=O)N2CCC(NC(=O)c3ccc4nc(C)c(C)nc4c3)CC2)cc1. The zero-order valence-electron chi connectivity index (χ0n) is 19.4. The maximum absolute atomic E-state index is 12.8. The summed E-state index contributed by atoms with van der Waals surface area (Å²) in [6.45, 7) is 7.70. The van der Waals surface area contributed by atoms with Crippen molar-refractivity contribution < 1.29 is 14.3 Å². The van der Waals surface area contributed by atoms with Gasteiger partial charge >= 0.3 is 0 Å². The van der Waals surface area contributed by atoms with Crippen molar-refractivity contribution in [3.8, 4) is 5.75 Å². The van der Waals surface area contributed by atoms with Crippen molar-refractivity contribution in [3.05, 3.63) is 65.0 Å². The number of benzene rings is 2. The molecule has 3 aromatic rings. The summed E-state index contributed by atoms with van der Waals surface area (Å²) in [7, 11) is 0. The summed E-state index contributed by atoms with van der Waals surface area (Å²) < 4.78 is 5.45. The molecule has 0 saturated carbocycles. The number of likely N-dealkylation sites (tertiary alicyclic amines) is 1. The predicted octanol–water partition coefficient (Wildman–Crippen LogP) is 3.61. The Bertz CT molecular complexity index is 1150. The lowest BCUT2D eigenvalue weighted by Crippen LogP contribution is -2.47. The van der Waals surface area contributed by atoms with Crippen LogP contribution in [-0.2, 0) is 11.2 Å². The number of nitrogens with one attached hydrogen (secondary N) is 1. The first-order valence-electron chi connectivity index (χ1n) is 11.5. The molecule has 1 saturated heterocycles. The van der Waals surface area contributed by atoms with Gasteiger partial charge in [0.25, 0.3) is 5.91 Å². The quantitative estimate of drug-likeness (QED) is 0.625. The van der Waals surface area contributed by atoms with Gasteiger partial charge in [0.1, 0.15) is 5.75 Å². The van der Waals surface area contributed by atoms with E-state index in [9.17, 15) is 9.59 Å². The van der Waals surface area contributed by atoms with E-state index in [1.807, 2.05) is 56.0 Å². The second kappa shape index (κ2) is 9.98. The Labute approximate surface area is 194 Å². The summed E-state index contributed by atoms with van der Waals surface area (Å²) in [5, 5.41) is 3.11. The Balaban J connectivity index is 1.29. The number of nitrogens with zero attached hydrogens (tertiary/aromatic N) is 3. The number of carbonyl (C=O) groups excluding carboxylic acids is 2. The number of fused-ring (bicyclic) bond motifs is 1. The van der Waals surface area contributed by atoms with E-state index in [1.165, 1.54) is 0 Å². The van der Waals surface area contributed by atoms with Gasteiger partial charge in [-0.1, -0.05) is 12.1 Å². The van der Waals surface area contributed by atoms with E-state index < -0.39 is 0 Å². The van der Waals surface area contributed by atoms with Crippen molar-refractivity contribution in [2.24, 2.45) is 0 Å². The van der Waals surface area contributed by atoms with E-state index >= 15 is 0 Å². The molecule has 0 radical (unpaired) electrons. The Morgan fingerprint density at radius 2 is 1.67 bits per heavy atom. The number of rotatable bonds is 6. The fourth-order valence-corrected chi connectivity index (χ4v) is 4.07. The molecule has 0 aliphatic carbocycles. The van der Waals surface area contributed by atoms with Crippen molar-refractivity contribution in [2.75, 3.05) is 19.7 Å². The van der Waals surface area contributed by atoms with Crippen LogP contribution in [0.25, 0.3) is 11.0 Å². The molecule has 0 spiro atoms. The molecule has 1 fully saturated rings. The molecule has 2 amide bonds. The molecule has 0 unspecified atom stereocenters. The Kier molecular flexibility index (Phi) is 6.87. The molecular formula is C26H30N4O3. The van der Waals surface area contributed by atoms with Crippen molar-refractivity contribution in [1.82, 2.24) is 20.2 Å². The molecule has 7 heteroatoms. The molecule has 1 aliphatic rings. The molecule has 1 aromatic heterocycles. The molecule has 0 bridgehead atoms. The van der Waals surface area contributed by atoms with E-state index in [0.717, 1.165) is 46.6 Å². The van der Waals surface area contributed by atoms with Crippen LogP contribution < -0.4 is 10.1 Å². The molecule has 172 valence electrons. The highest BCUT2D eigenvalue weighted by atomic mass is 16.5. The van der Waals surface area contributed by atoms with Crippen LogP contribution in [0, 0.1) is 13.8 Å². The minimum absolute atomic E-state index is 0.0496. The maximum atomic E-state index is 12.8. The summed E-state index contributed by atoms with van der Waals surface area (Å²) in [5.74, 6) is 0.813. The van der Waals surface area contributed by atoms with Crippen molar-refractivity contribution in [1.29, 1.82) is 0 Å². The van der Waals surface area contributed by atoms with Crippen LogP contribution in [0.15, 0.2) is 42.5 Å². The van der Waals surface area contributed by atoms with Crippen molar-refractivity contribution in [3.63, 3.8) is 0 Å². The number of carbonyl (C=O) groups is 2. The first-order valence-corrected chi connectivity index (χ1v) is 11.5. The van der Waals surface area contributed by atoms with Crippen LogP contribution in [0.1, 0.15) is 47.1 Å². The molecule has 1 aliphatic heterocycles. The van der Waals surface area contributed by atoms with Gasteiger partial charge in [-0.05, 0) is 69.5 Å². The second-order valence-corrected chi connectivity index (χ2v) is 8.48. The number of ether oxygens (including phenoxy) is 1. The summed E-state index contributed by atoms with van der Waals surface area (Å²) in [6.07, 6.45) is 1.86. The lowest BCUT2D eigenvalue weighted by molar-refractivity contribution is -0.131. The summed E-state index contributed by atoms with van der Waals surface area (Å²) in [6, 6.07) is 13.1. The summed E-state index contributed by atoms with van der Waals surface area (Å²) in [5.41, 5.74) is 4.82. The molecular weight excluding hydrogens is 416 g/mol. The number of amides is 2. The van der Waals surface area contributed by atoms with Crippen LogP contribution in [0.2, 0.25) is 0 Å². The molecule has 4 rings (SSSR count). The normalized spacial score (nSPS) is 14.3. The highest BCUT2D eigenvalue weighted by Crippen LogP contribution is 2.18. The molecule has 1 N–H and O–H groups in total. The third-order valence-electron chi connectivity index (χ3n) is 6.11. The predicted molar refractivity (Wildman–Crippen MR) is 127 cm³/mol. The fourth-order valence-electron chi connectivity index (χ4n) is 4.07. The average molecular weight is 447 g/mol. The van der Waals surface area contributed by atoms with Crippen molar-refractivity contribution >= 4 is 22.8 Å². The fraction of sp³-hybridized carbons (Fsp3) is 0.385. The zero-order valence-corrected chi connectivity index (χ0v) is 19.4. The standard InChI is InChI=1S/C26H30N4O3/c1-4-33-22-8-5-19(6-9-22)15-25(31)30-13-11-21(12-14-30)29-26(32)20-7-10-23-24(16-20)28-18(3)17(2)27-23/h5-10,16,21H,4,11-15H2,1-3H3,(H,29,32). The van der Waals surface area contributed by atoms with Gasteiger partial charge in [0.2, 0.25) is 5.91 Å². The highest BCUT2D eigenvalue weighted by Gasteiger charge is 2.24. The number of aryl methyl sites for hydroxylation is 2. The third-order valence-corrected chi connectivity index (χ3v) is 6.11. The topological polar surface area (TPSA) is 84.4 Å². The molecule has 33 heavy (non-hydrogen) atoms. The Morgan fingerprint density at radius 3 is 2.33 bits per heavy atom. The molecule has 0 atom stereocenters. The number of aromatic nitrogens is 2. The van der Waals surface area contributed by atoms with E-state index in [1.54, 1.807) is 12.1 Å². The lowest BCUT2D eigenvalue weighted by atomic mass is 10.0. The first-order chi connectivity index (χ1) is 15.9. The average Bonchev–Trinajstić information content (AvgIpc) is 2.81. The second-order valence-electron chi connectivity index (χ2n) is 8.48. The van der Waals surface area contributed by atoms with Crippen LogP contribution in [0.3, 0.4) is 0 Å². The van der Waals surface area contributed by atoms with Crippen LogP contribution in [-0.4, -0.2) is 52.4 Å². The smallest absolute Gasteiger partial charge is 0.251 e. The van der Waals surface area contributed by atoms with Gasteiger partial charge in [0, 0.05) is 24.7 Å². The lowest BCUT2D eigenvalue weighted by Gasteiger charge is -2.32. The minimum atomic E-state index is -0.115. The van der Waals surface area contributed by atoms with E-state index in [2.05, 4.69) is 15.3 Å². The van der Waals surface area contributed by atoms with Crippen LogP contribution >= 0.6 is 0 Å². The van der Waals surface area contributed by atoms with E-state index in [4.69, 9.17) is 4.74 Å². The maximum Gasteiger partial charge on any atom is 0.251 e. The Morgan fingerprint density at radius 1 is 1.00 bits per heavy atom. The van der Waals surface area contributed by atoms with Gasteiger partial charge in [0.05, 0.1) is 35.4 Å². The largest absolute Gasteiger partial charge is 0.494 e. The molecule has 2 heterocycles. The van der Waals surface area contributed by atoms with Crippen molar-refractivity contribution in [2.45, 2.75) is 46.1 Å². The zero-order chi connectivity index (χ0) is 23.4. The van der Waals surface area contributed by atoms with Gasteiger partial charge in [-0.2, -0.15) is 0 Å². The number of hydrogen-bond acceptors (Lipinski definition) is 5. The summed E-state index contributed by atoms with van der Waals surface area (Å²) >= 11 is 0. The van der Waals surface area contributed by atoms with Crippen LogP contribution in [0.5, 0.6) is 5.75 Å². The van der Waals surface area contributed by atoms with Gasteiger partial charge in [-0.25, -0.2) is 9.97 Å². The first kappa shape index (κ1) is 22.7. The van der Waals surface area contributed by atoms with Crippen LogP contribution in [0.4, 0.5) is 0 Å². The summed E-state index contributed by atoms with van der Waals surface area (Å²) in [4.78, 5) is 36.4. The monoisotopic (exact) mass is 446 g/mol. The number of hydrogen-bond donors (Lipinski definition) is 1. The highest BCUT2D eigenvalue weighted by molar-refractivity contribution is 5.97. The third kappa shape index (κ3) is 5.48. The van der Waals surface area contributed by atoms with E-state index in [0.29, 0.717) is 31.7 Å². The minimum Gasteiger partial charge on any atom is -0.494 e.